The standard InChI is InChI=1S/C12H22N4S/c1-13-7-10-8-14-12(17-10)11-9-15(2)5-4-6-16(11)3/h8,11,13H,4-7,9H2,1-3H3. The minimum atomic E-state index is 0.457. The van der Waals surface area contributed by atoms with E-state index in [0.717, 1.165) is 19.6 Å². The van der Waals surface area contributed by atoms with Gasteiger partial charge in [0.1, 0.15) is 5.01 Å². The fourth-order valence-electron chi connectivity index (χ4n) is 2.27. The van der Waals surface area contributed by atoms with Crippen molar-refractivity contribution >= 4 is 11.3 Å². The first kappa shape index (κ1) is 13.0. The number of likely N-dealkylation sites (N-methyl/N-ethyl adjacent to an activating group) is 2. The largest absolute Gasteiger partial charge is 0.315 e. The van der Waals surface area contributed by atoms with Crippen LogP contribution in [0.1, 0.15) is 22.3 Å². The van der Waals surface area contributed by atoms with E-state index in [9.17, 15) is 0 Å². The smallest absolute Gasteiger partial charge is 0.111 e. The van der Waals surface area contributed by atoms with E-state index in [1.54, 1.807) is 0 Å². The number of hydrogen-bond acceptors (Lipinski definition) is 5. The van der Waals surface area contributed by atoms with Gasteiger partial charge < -0.3 is 10.2 Å². The summed E-state index contributed by atoms with van der Waals surface area (Å²) < 4.78 is 0. The third kappa shape index (κ3) is 3.25. The zero-order valence-corrected chi connectivity index (χ0v) is 11.8. The van der Waals surface area contributed by atoms with Crippen molar-refractivity contribution in [2.75, 3.05) is 40.8 Å². The van der Waals surface area contributed by atoms with Crippen LogP contribution < -0.4 is 5.32 Å². The van der Waals surface area contributed by atoms with Gasteiger partial charge in [-0.1, -0.05) is 0 Å². The minimum absolute atomic E-state index is 0.457. The van der Waals surface area contributed by atoms with Gasteiger partial charge in [0.05, 0.1) is 6.04 Å². The van der Waals surface area contributed by atoms with Crippen molar-refractivity contribution in [1.29, 1.82) is 0 Å². The van der Waals surface area contributed by atoms with Gasteiger partial charge in [0.25, 0.3) is 0 Å². The number of aromatic nitrogens is 1. The van der Waals surface area contributed by atoms with Gasteiger partial charge in [-0.15, -0.1) is 11.3 Å². The lowest BCUT2D eigenvalue weighted by Gasteiger charge is -2.25. The molecule has 1 aromatic rings. The van der Waals surface area contributed by atoms with Gasteiger partial charge in [0, 0.05) is 24.2 Å². The van der Waals surface area contributed by atoms with Crippen LogP contribution in [0.2, 0.25) is 0 Å². The molecule has 0 saturated carbocycles. The number of rotatable bonds is 3. The molecule has 1 aliphatic heterocycles. The summed E-state index contributed by atoms with van der Waals surface area (Å²) in [4.78, 5) is 10.8. The summed E-state index contributed by atoms with van der Waals surface area (Å²) in [5.41, 5.74) is 0. The molecule has 1 aliphatic rings. The van der Waals surface area contributed by atoms with Gasteiger partial charge in [0.2, 0.25) is 0 Å². The van der Waals surface area contributed by atoms with E-state index in [2.05, 4.69) is 34.2 Å². The van der Waals surface area contributed by atoms with Crippen molar-refractivity contribution in [3.63, 3.8) is 0 Å². The molecule has 0 amide bonds. The third-order valence-electron chi connectivity index (χ3n) is 3.27. The molecule has 1 saturated heterocycles. The molecule has 96 valence electrons. The summed E-state index contributed by atoms with van der Waals surface area (Å²) >= 11 is 1.84. The number of nitrogens with zero attached hydrogens (tertiary/aromatic N) is 3. The summed E-state index contributed by atoms with van der Waals surface area (Å²) in [7, 11) is 6.39. The fraction of sp³-hybridized carbons (Fsp3) is 0.750. The minimum Gasteiger partial charge on any atom is -0.315 e. The molecule has 1 fully saturated rings. The second-order valence-electron chi connectivity index (χ2n) is 4.81. The number of hydrogen-bond donors (Lipinski definition) is 1. The second kappa shape index (κ2) is 5.91. The highest BCUT2D eigenvalue weighted by atomic mass is 32.1. The molecule has 0 radical (unpaired) electrons. The first-order valence-corrected chi connectivity index (χ1v) is 7.00. The maximum absolute atomic E-state index is 4.60. The van der Waals surface area contributed by atoms with Gasteiger partial charge >= 0.3 is 0 Å². The predicted molar refractivity (Wildman–Crippen MR) is 72.4 cm³/mol. The van der Waals surface area contributed by atoms with Crippen LogP contribution in [0.4, 0.5) is 0 Å². The highest BCUT2D eigenvalue weighted by Crippen LogP contribution is 2.26. The molecule has 0 bridgehead atoms. The Bertz CT molecular complexity index is 352. The van der Waals surface area contributed by atoms with Gasteiger partial charge in [-0.05, 0) is 40.7 Å². The lowest BCUT2D eigenvalue weighted by molar-refractivity contribution is 0.228. The van der Waals surface area contributed by atoms with E-state index < -0.39 is 0 Å². The Hall–Kier alpha value is -0.490. The van der Waals surface area contributed by atoms with E-state index in [4.69, 9.17) is 0 Å². The highest BCUT2D eigenvalue weighted by Gasteiger charge is 2.24. The van der Waals surface area contributed by atoms with Crippen LogP contribution in [0.15, 0.2) is 6.20 Å². The summed E-state index contributed by atoms with van der Waals surface area (Å²) in [6.45, 7) is 4.36. The van der Waals surface area contributed by atoms with Crippen molar-refractivity contribution in [2.24, 2.45) is 0 Å². The van der Waals surface area contributed by atoms with Crippen molar-refractivity contribution in [1.82, 2.24) is 20.1 Å². The van der Waals surface area contributed by atoms with Crippen molar-refractivity contribution < 1.29 is 0 Å². The van der Waals surface area contributed by atoms with Crippen LogP contribution in [-0.4, -0.2) is 55.6 Å². The second-order valence-corrected chi connectivity index (χ2v) is 5.95. The summed E-state index contributed by atoms with van der Waals surface area (Å²) in [6.07, 6.45) is 3.26. The quantitative estimate of drug-likeness (QED) is 0.877. The molecule has 1 unspecified atom stereocenters. The Morgan fingerprint density at radius 2 is 2.29 bits per heavy atom. The summed E-state index contributed by atoms with van der Waals surface area (Å²) in [5.74, 6) is 0. The first-order chi connectivity index (χ1) is 8.20. The maximum atomic E-state index is 4.60. The molecule has 0 spiro atoms. The van der Waals surface area contributed by atoms with Crippen LogP contribution in [0, 0.1) is 0 Å². The fourth-order valence-corrected chi connectivity index (χ4v) is 3.36. The average molecular weight is 254 g/mol. The highest BCUT2D eigenvalue weighted by molar-refractivity contribution is 7.11. The molecule has 2 rings (SSSR count). The van der Waals surface area contributed by atoms with Gasteiger partial charge in [-0.3, -0.25) is 4.90 Å². The van der Waals surface area contributed by atoms with E-state index in [1.807, 2.05) is 24.6 Å². The molecule has 0 aromatic carbocycles. The summed E-state index contributed by atoms with van der Waals surface area (Å²) in [5, 5.41) is 4.43. The van der Waals surface area contributed by atoms with Crippen molar-refractivity contribution in [2.45, 2.75) is 19.0 Å². The molecule has 1 atom stereocenters. The van der Waals surface area contributed by atoms with Crippen molar-refractivity contribution in [3.8, 4) is 0 Å². The maximum Gasteiger partial charge on any atom is 0.111 e. The first-order valence-electron chi connectivity index (χ1n) is 6.18. The Labute approximate surface area is 108 Å². The van der Waals surface area contributed by atoms with E-state index in [1.165, 1.54) is 22.9 Å². The van der Waals surface area contributed by atoms with Crippen LogP contribution in [0.25, 0.3) is 0 Å². The molecular formula is C12H22N4S. The number of nitrogens with one attached hydrogen (secondary N) is 1. The lowest BCUT2D eigenvalue weighted by Crippen LogP contribution is -2.30. The number of thiazole rings is 1. The Balaban J connectivity index is 2.11. The topological polar surface area (TPSA) is 31.4 Å². The van der Waals surface area contributed by atoms with E-state index >= 15 is 0 Å². The Kier molecular flexibility index (Phi) is 4.50. The SMILES string of the molecule is CNCc1cnc(C2CN(C)CCCN2C)s1. The molecular weight excluding hydrogens is 232 g/mol. The third-order valence-corrected chi connectivity index (χ3v) is 4.37. The molecule has 1 N–H and O–H groups in total. The zero-order chi connectivity index (χ0) is 12.3. The zero-order valence-electron chi connectivity index (χ0n) is 10.9. The average Bonchev–Trinajstić information content (AvgIpc) is 2.67. The Morgan fingerprint density at radius 1 is 1.47 bits per heavy atom. The van der Waals surface area contributed by atoms with Gasteiger partial charge in [-0.2, -0.15) is 0 Å². The molecule has 17 heavy (non-hydrogen) atoms. The Morgan fingerprint density at radius 3 is 3.06 bits per heavy atom. The summed E-state index contributed by atoms with van der Waals surface area (Å²) in [6, 6.07) is 0.457. The molecule has 2 heterocycles. The molecule has 4 nitrogen and oxygen atoms in total. The van der Waals surface area contributed by atoms with Gasteiger partial charge in [-0.25, -0.2) is 4.98 Å². The van der Waals surface area contributed by atoms with Crippen LogP contribution in [0.3, 0.4) is 0 Å². The van der Waals surface area contributed by atoms with Gasteiger partial charge in [0.15, 0.2) is 0 Å². The molecule has 1 aromatic heterocycles. The monoisotopic (exact) mass is 254 g/mol. The lowest BCUT2D eigenvalue weighted by atomic mass is 10.2. The predicted octanol–water partition coefficient (Wildman–Crippen LogP) is 1.17. The normalized spacial score (nSPS) is 23.8. The van der Waals surface area contributed by atoms with Crippen LogP contribution in [-0.2, 0) is 6.54 Å². The van der Waals surface area contributed by atoms with Crippen molar-refractivity contribution in [3.05, 3.63) is 16.1 Å². The van der Waals surface area contributed by atoms with E-state index in [-0.39, 0.29) is 0 Å². The molecule has 5 heteroatoms. The van der Waals surface area contributed by atoms with Crippen LogP contribution in [0.5, 0.6) is 0 Å². The molecule has 0 aliphatic carbocycles. The van der Waals surface area contributed by atoms with E-state index in [0.29, 0.717) is 6.04 Å². The van der Waals surface area contributed by atoms with Crippen LogP contribution >= 0.6 is 11.3 Å².